The summed E-state index contributed by atoms with van der Waals surface area (Å²) in [7, 11) is 1.84. The average Bonchev–Trinajstić information content (AvgIpc) is 3.19. The number of hydrogen-bond acceptors (Lipinski definition) is 6. The molecule has 1 aliphatic rings. The van der Waals surface area contributed by atoms with Crippen LogP contribution in [0.5, 0.6) is 0 Å². The molecule has 0 bridgehead atoms. The standard InChI is InChI=1S/C23H21F2N7/c1-32-13-16(11-28-32)21-12-27-23(30-20-8-17(24)7-18(25)9-20)31-22(21)29-19-3-2-14-4-5-26-10-15(14)6-19/h2-3,6-9,11-13,26H,4-5,10H2,1H3,(H2,27,29,30,31). The summed E-state index contributed by atoms with van der Waals surface area (Å²) in [5.41, 5.74) is 5.29. The van der Waals surface area contributed by atoms with Gasteiger partial charge in [0.25, 0.3) is 0 Å². The third-order valence-electron chi connectivity index (χ3n) is 5.28. The molecule has 3 N–H and O–H groups in total. The molecule has 0 unspecified atom stereocenters. The number of aromatic nitrogens is 4. The van der Waals surface area contributed by atoms with E-state index in [-0.39, 0.29) is 11.6 Å². The van der Waals surface area contributed by atoms with Crippen molar-refractivity contribution in [2.45, 2.75) is 13.0 Å². The van der Waals surface area contributed by atoms with Gasteiger partial charge in [-0.25, -0.2) is 13.8 Å². The van der Waals surface area contributed by atoms with Gasteiger partial charge in [-0.1, -0.05) is 6.07 Å². The first-order valence-corrected chi connectivity index (χ1v) is 10.2. The molecule has 3 heterocycles. The van der Waals surface area contributed by atoms with Gasteiger partial charge in [0.2, 0.25) is 5.95 Å². The lowest BCUT2D eigenvalue weighted by atomic mass is 10.0. The predicted octanol–water partition coefficient (Wildman–Crippen LogP) is 4.29. The number of halogens is 2. The zero-order valence-corrected chi connectivity index (χ0v) is 17.4. The Bertz CT molecular complexity index is 1270. The van der Waals surface area contributed by atoms with Crippen LogP contribution < -0.4 is 16.0 Å². The number of fused-ring (bicyclic) bond motifs is 1. The number of nitrogens with one attached hydrogen (secondary N) is 3. The largest absolute Gasteiger partial charge is 0.340 e. The van der Waals surface area contributed by atoms with E-state index >= 15 is 0 Å². The molecule has 0 spiro atoms. The van der Waals surface area contributed by atoms with Crippen LogP contribution in [0.15, 0.2) is 55.0 Å². The Morgan fingerprint density at radius 3 is 2.59 bits per heavy atom. The smallest absolute Gasteiger partial charge is 0.229 e. The van der Waals surface area contributed by atoms with E-state index in [2.05, 4.69) is 43.1 Å². The second-order valence-corrected chi connectivity index (χ2v) is 7.68. The highest BCUT2D eigenvalue weighted by Crippen LogP contribution is 2.30. The number of rotatable bonds is 5. The third-order valence-corrected chi connectivity index (χ3v) is 5.28. The van der Waals surface area contributed by atoms with Crippen molar-refractivity contribution >= 4 is 23.1 Å². The van der Waals surface area contributed by atoms with Crippen molar-refractivity contribution in [1.82, 2.24) is 25.1 Å². The molecule has 2 aromatic carbocycles. The first-order valence-electron chi connectivity index (χ1n) is 10.2. The molecule has 1 aliphatic heterocycles. The fraction of sp³-hybridized carbons (Fsp3) is 0.174. The molecular formula is C23H21F2N7. The SMILES string of the molecule is Cn1cc(-c2cnc(Nc3cc(F)cc(F)c3)nc2Nc2ccc3c(c2)CNCC3)cn1. The van der Waals surface area contributed by atoms with Gasteiger partial charge in [-0.15, -0.1) is 0 Å². The molecule has 0 saturated carbocycles. The number of benzene rings is 2. The highest BCUT2D eigenvalue weighted by Gasteiger charge is 2.14. The Hall–Kier alpha value is -3.85. The second kappa shape index (κ2) is 8.35. The van der Waals surface area contributed by atoms with E-state index in [0.717, 1.165) is 42.4 Å². The Kier molecular flexibility index (Phi) is 5.24. The van der Waals surface area contributed by atoms with Gasteiger partial charge in [-0.05, 0) is 48.4 Å². The number of hydrogen-bond donors (Lipinski definition) is 3. The maximum absolute atomic E-state index is 13.6. The van der Waals surface area contributed by atoms with Crippen LogP contribution in [0.25, 0.3) is 11.1 Å². The summed E-state index contributed by atoms with van der Waals surface area (Å²) in [6, 6.07) is 9.43. The summed E-state index contributed by atoms with van der Waals surface area (Å²) < 4.78 is 28.9. The van der Waals surface area contributed by atoms with Crippen molar-refractivity contribution in [3.05, 3.63) is 77.8 Å². The van der Waals surface area contributed by atoms with Crippen LogP contribution in [0, 0.1) is 11.6 Å². The van der Waals surface area contributed by atoms with Gasteiger partial charge in [0.1, 0.15) is 17.5 Å². The van der Waals surface area contributed by atoms with Crippen molar-refractivity contribution < 1.29 is 8.78 Å². The zero-order valence-electron chi connectivity index (χ0n) is 17.4. The number of aryl methyl sites for hydroxylation is 1. The van der Waals surface area contributed by atoms with Crippen LogP contribution in [0.3, 0.4) is 0 Å². The summed E-state index contributed by atoms with van der Waals surface area (Å²) in [6.45, 7) is 1.80. The minimum atomic E-state index is -0.680. The topological polar surface area (TPSA) is 79.7 Å². The van der Waals surface area contributed by atoms with E-state index in [9.17, 15) is 8.78 Å². The molecule has 0 amide bonds. The van der Waals surface area contributed by atoms with E-state index in [1.807, 2.05) is 19.3 Å². The summed E-state index contributed by atoms with van der Waals surface area (Å²) in [5, 5.41) is 13.9. The summed E-state index contributed by atoms with van der Waals surface area (Å²) >= 11 is 0. The molecule has 4 aromatic rings. The van der Waals surface area contributed by atoms with Crippen molar-refractivity contribution in [3.8, 4) is 11.1 Å². The first kappa shape index (κ1) is 20.1. The maximum Gasteiger partial charge on any atom is 0.229 e. The molecule has 5 rings (SSSR count). The van der Waals surface area contributed by atoms with Gasteiger partial charge in [-0.3, -0.25) is 4.68 Å². The lowest BCUT2D eigenvalue weighted by Crippen LogP contribution is -2.23. The molecule has 9 heteroatoms. The Morgan fingerprint density at radius 1 is 0.969 bits per heavy atom. The molecule has 2 aromatic heterocycles. The van der Waals surface area contributed by atoms with Crippen LogP contribution in [-0.4, -0.2) is 26.3 Å². The lowest BCUT2D eigenvalue weighted by Gasteiger charge is -2.19. The highest BCUT2D eigenvalue weighted by atomic mass is 19.1. The Morgan fingerprint density at radius 2 is 1.81 bits per heavy atom. The van der Waals surface area contributed by atoms with E-state index < -0.39 is 11.6 Å². The van der Waals surface area contributed by atoms with Gasteiger partial charge in [0.15, 0.2) is 0 Å². The number of anilines is 4. The average molecular weight is 433 g/mol. The molecule has 0 fully saturated rings. The van der Waals surface area contributed by atoms with Crippen molar-refractivity contribution in [3.63, 3.8) is 0 Å². The van der Waals surface area contributed by atoms with E-state index in [4.69, 9.17) is 0 Å². The lowest BCUT2D eigenvalue weighted by molar-refractivity contribution is 0.584. The van der Waals surface area contributed by atoms with Gasteiger partial charge < -0.3 is 16.0 Å². The van der Waals surface area contributed by atoms with Gasteiger partial charge >= 0.3 is 0 Å². The Labute approximate surface area is 183 Å². The first-order chi connectivity index (χ1) is 15.5. The molecule has 32 heavy (non-hydrogen) atoms. The van der Waals surface area contributed by atoms with Crippen LogP contribution in [0.2, 0.25) is 0 Å². The number of nitrogens with zero attached hydrogens (tertiary/aromatic N) is 4. The maximum atomic E-state index is 13.6. The second-order valence-electron chi connectivity index (χ2n) is 7.68. The fourth-order valence-electron chi connectivity index (χ4n) is 3.76. The molecule has 7 nitrogen and oxygen atoms in total. The predicted molar refractivity (Wildman–Crippen MR) is 119 cm³/mol. The fourth-order valence-corrected chi connectivity index (χ4v) is 3.76. The summed E-state index contributed by atoms with van der Waals surface area (Å²) in [5.74, 6) is -0.596. The van der Waals surface area contributed by atoms with Gasteiger partial charge in [-0.2, -0.15) is 10.1 Å². The van der Waals surface area contributed by atoms with Crippen molar-refractivity contribution in [1.29, 1.82) is 0 Å². The monoisotopic (exact) mass is 433 g/mol. The zero-order chi connectivity index (χ0) is 22.1. The molecule has 0 saturated heterocycles. The summed E-state index contributed by atoms with van der Waals surface area (Å²) in [4.78, 5) is 8.93. The van der Waals surface area contributed by atoms with Crippen molar-refractivity contribution in [2.24, 2.45) is 7.05 Å². The minimum Gasteiger partial charge on any atom is -0.340 e. The molecule has 162 valence electrons. The van der Waals surface area contributed by atoms with Crippen molar-refractivity contribution in [2.75, 3.05) is 17.2 Å². The van der Waals surface area contributed by atoms with E-state index in [1.165, 1.54) is 23.3 Å². The molecular weight excluding hydrogens is 412 g/mol. The van der Waals surface area contributed by atoms with Gasteiger partial charge in [0, 0.05) is 54.6 Å². The van der Waals surface area contributed by atoms with Gasteiger partial charge in [0.05, 0.1) is 6.20 Å². The Balaban J connectivity index is 1.51. The van der Waals surface area contributed by atoms with Crippen LogP contribution in [0.1, 0.15) is 11.1 Å². The van der Waals surface area contributed by atoms with E-state index in [0.29, 0.717) is 5.82 Å². The van der Waals surface area contributed by atoms with Crippen LogP contribution in [-0.2, 0) is 20.0 Å². The van der Waals surface area contributed by atoms with Crippen LogP contribution >= 0.6 is 0 Å². The quantitative estimate of drug-likeness (QED) is 0.436. The summed E-state index contributed by atoms with van der Waals surface area (Å²) in [6.07, 6.45) is 6.26. The van der Waals surface area contributed by atoms with Crippen LogP contribution in [0.4, 0.5) is 31.9 Å². The van der Waals surface area contributed by atoms with E-state index in [1.54, 1.807) is 17.1 Å². The molecule has 0 atom stereocenters. The minimum absolute atomic E-state index is 0.213. The highest BCUT2D eigenvalue weighted by molar-refractivity contribution is 5.78. The molecule has 0 aliphatic carbocycles. The third kappa shape index (κ3) is 4.28. The molecule has 0 radical (unpaired) electrons. The normalized spacial score (nSPS) is 13.0.